The molecule has 2 aromatic heterocycles. The zero-order valence-electron chi connectivity index (χ0n) is 8.25. The molecule has 0 aliphatic heterocycles. The topological polar surface area (TPSA) is 60.9 Å². The maximum absolute atomic E-state index is 11.9. The molecule has 4 nitrogen and oxygen atoms in total. The van der Waals surface area contributed by atoms with Crippen LogP contribution in [-0.2, 0) is 7.05 Å². The minimum absolute atomic E-state index is 0.148. The summed E-state index contributed by atoms with van der Waals surface area (Å²) in [6.45, 7) is 0. The quantitative estimate of drug-likeness (QED) is 0.796. The molecule has 5 heteroatoms. The zero-order chi connectivity index (χ0) is 10.8. The van der Waals surface area contributed by atoms with Crippen LogP contribution in [0.1, 0.15) is 21.5 Å². The van der Waals surface area contributed by atoms with Crippen LogP contribution >= 0.6 is 11.3 Å². The number of ketones is 1. The normalized spacial score (nSPS) is 12.7. The van der Waals surface area contributed by atoms with E-state index >= 15 is 0 Å². The van der Waals surface area contributed by atoms with Gasteiger partial charge in [0.2, 0.25) is 5.78 Å². The van der Waals surface area contributed by atoms with Gasteiger partial charge in [-0.05, 0) is 11.4 Å². The number of hydrogen-bond donors (Lipinski definition) is 1. The second kappa shape index (κ2) is 3.96. The van der Waals surface area contributed by atoms with Crippen LogP contribution in [0.5, 0.6) is 0 Å². The highest BCUT2D eigenvalue weighted by Crippen LogP contribution is 2.19. The van der Waals surface area contributed by atoms with Crippen molar-refractivity contribution in [2.24, 2.45) is 12.8 Å². The van der Waals surface area contributed by atoms with Crippen molar-refractivity contribution in [3.05, 3.63) is 40.6 Å². The van der Waals surface area contributed by atoms with Gasteiger partial charge in [0, 0.05) is 24.3 Å². The van der Waals surface area contributed by atoms with Crippen LogP contribution in [0.15, 0.2) is 29.9 Å². The number of thiophene rings is 1. The summed E-state index contributed by atoms with van der Waals surface area (Å²) in [7, 11) is 1.78. The van der Waals surface area contributed by atoms with E-state index < -0.39 is 6.04 Å². The lowest BCUT2D eigenvalue weighted by Gasteiger charge is -2.07. The molecule has 0 aliphatic carbocycles. The highest BCUT2D eigenvalue weighted by Gasteiger charge is 2.21. The molecule has 2 aromatic rings. The van der Waals surface area contributed by atoms with Crippen LogP contribution < -0.4 is 5.73 Å². The van der Waals surface area contributed by atoms with Crippen molar-refractivity contribution in [2.45, 2.75) is 6.04 Å². The van der Waals surface area contributed by atoms with Gasteiger partial charge >= 0.3 is 0 Å². The van der Waals surface area contributed by atoms with E-state index in [-0.39, 0.29) is 5.78 Å². The third-order valence-corrected chi connectivity index (χ3v) is 3.13. The lowest BCUT2D eigenvalue weighted by atomic mass is 10.1. The molecule has 0 amide bonds. The van der Waals surface area contributed by atoms with Crippen molar-refractivity contribution in [1.29, 1.82) is 0 Å². The van der Waals surface area contributed by atoms with Crippen molar-refractivity contribution in [2.75, 3.05) is 0 Å². The maximum atomic E-state index is 11.9. The van der Waals surface area contributed by atoms with Gasteiger partial charge in [-0.25, -0.2) is 4.98 Å². The number of nitrogens with two attached hydrogens (primary N) is 1. The Morgan fingerprint density at radius 1 is 1.67 bits per heavy atom. The first kappa shape index (κ1) is 10.1. The van der Waals surface area contributed by atoms with Gasteiger partial charge in [0.05, 0.1) is 0 Å². The lowest BCUT2D eigenvalue weighted by Crippen LogP contribution is -2.23. The first-order valence-corrected chi connectivity index (χ1v) is 5.38. The monoisotopic (exact) mass is 221 g/mol. The molecule has 0 radical (unpaired) electrons. The summed E-state index contributed by atoms with van der Waals surface area (Å²) in [5.41, 5.74) is 5.85. The summed E-state index contributed by atoms with van der Waals surface area (Å²) in [5, 5.41) is 1.90. The van der Waals surface area contributed by atoms with E-state index in [9.17, 15) is 4.79 Å². The number of hydrogen-bond acceptors (Lipinski definition) is 4. The molecule has 0 fully saturated rings. The third kappa shape index (κ3) is 1.84. The Bertz CT molecular complexity index is 461. The molecule has 2 rings (SSSR count). The van der Waals surface area contributed by atoms with E-state index in [4.69, 9.17) is 5.73 Å². The molecule has 78 valence electrons. The van der Waals surface area contributed by atoms with Crippen molar-refractivity contribution in [3.63, 3.8) is 0 Å². The van der Waals surface area contributed by atoms with Crippen LogP contribution in [0.25, 0.3) is 0 Å². The number of nitrogens with zero attached hydrogens (tertiary/aromatic N) is 2. The molecule has 2 N–H and O–H groups in total. The molecule has 0 aromatic carbocycles. The Kier molecular flexibility index (Phi) is 2.66. The van der Waals surface area contributed by atoms with Crippen LogP contribution in [0.3, 0.4) is 0 Å². The zero-order valence-corrected chi connectivity index (χ0v) is 9.07. The molecule has 0 spiro atoms. The van der Waals surface area contributed by atoms with E-state index in [2.05, 4.69) is 4.98 Å². The second-order valence-electron chi connectivity index (χ2n) is 3.22. The molecular formula is C10H11N3OS. The van der Waals surface area contributed by atoms with Gasteiger partial charge < -0.3 is 10.3 Å². The lowest BCUT2D eigenvalue weighted by molar-refractivity contribution is 0.0949. The third-order valence-electron chi connectivity index (χ3n) is 2.17. The summed E-state index contributed by atoms with van der Waals surface area (Å²) < 4.78 is 1.68. The first-order chi connectivity index (χ1) is 7.20. The second-order valence-corrected chi connectivity index (χ2v) is 4.20. The summed E-state index contributed by atoms with van der Waals surface area (Å²) in [6, 6.07) is 3.13. The minimum atomic E-state index is -0.605. The Morgan fingerprint density at radius 3 is 3.00 bits per heavy atom. The Morgan fingerprint density at radius 2 is 2.47 bits per heavy atom. The average molecular weight is 221 g/mol. The highest BCUT2D eigenvalue weighted by molar-refractivity contribution is 7.10. The van der Waals surface area contributed by atoms with E-state index in [0.717, 1.165) is 4.88 Å². The molecule has 1 unspecified atom stereocenters. The number of aryl methyl sites for hydroxylation is 1. The molecular weight excluding hydrogens is 210 g/mol. The molecule has 1 atom stereocenters. The Labute approximate surface area is 91.4 Å². The van der Waals surface area contributed by atoms with Crippen molar-refractivity contribution in [3.8, 4) is 0 Å². The van der Waals surface area contributed by atoms with Crippen LogP contribution in [0, 0.1) is 0 Å². The Balaban J connectivity index is 2.26. The smallest absolute Gasteiger partial charge is 0.220 e. The average Bonchev–Trinajstić information content (AvgIpc) is 2.85. The number of aromatic nitrogens is 2. The SMILES string of the molecule is Cn1ccnc1C(=O)C(N)c1cccs1. The van der Waals surface area contributed by atoms with Crippen LogP contribution in [-0.4, -0.2) is 15.3 Å². The number of rotatable bonds is 3. The van der Waals surface area contributed by atoms with E-state index in [1.807, 2.05) is 17.5 Å². The number of Topliss-reactive ketones (excluding diaryl/α,β-unsaturated/α-hetero) is 1. The van der Waals surface area contributed by atoms with E-state index in [0.29, 0.717) is 5.82 Å². The Hall–Kier alpha value is -1.46. The van der Waals surface area contributed by atoms with Gasteiger partial charge in [-0.2, -0.15) is 0 Å². The van der Waals surface area contributed by atoms with Gasteiger partial charge in [0.25, 0.3) is 0 Å². The van der Waals surface area contributed by atoms with Gasteiger partial charge in [0.15, 0.2) is 5.82 Å². The van der Waals surface area contributed by atoms with Crippen molar-refractivity contribution >= 4 is 17.1 Å². The van der Waals surface area contributed by atoms with E-state index in [1.165, 1.54) is 11.3 Å². The van der Waals surface area contributed by atoms with Crippen LogP contribution in [0.2, 0.25) is 0 Å². The largest absolute Gasteiger partial charge is 0.332 e. The molecule has 0 bridgehead atoms. The molecule has 0 saturated carbocycles. The van der Waals surface area contributed by atoms with Gasteiger partial charge in [-0.3, -0.25) is 4.79 Å². The first-order valence-electron chi connectivity index (χ1n) is 4.50. The fourth-order valence-electron chi connectivity index (χ4n) is 1.34. The molecule has 0 saturated heterocycles. The molecule has 0 aliphatic rings. The summed E-state index contributed by atoms with van der Waals surface area (Å²) >= 11 is 1.48. The van der Waals surface area contributed by atoms with E-state index in [1.54, 1.807) is 24.0 Å². The summed E-state index contributed by atoms with van der Waals surface area (Å²) in [4.78, 5) is 16.8. The summed E-state index contributed by atoms with van der Waals surface area (Å²) in [5.74, 6) is 0.251. The van der Waals surface area contributed by atoms with Crippen molar-refractivity contribution < 1.29 is 4.79 Å². The highest BCUT2D eigenvalue weighted by atomic mass is 32.1. The number of carbonyl (C=O) groups excluding carboxylic acids is 1. The predicted octanol–water partition coefficient (Wildman–Crippen LogP) is 1.36. The standard InChI is InChI=1S/C10H11N3OS/c1-13-5-4-12-10(13)9(14)8(11)7-3-2-6-15-7/h2-6,8H,11H2,1H3. The van der Waals surface area contributed by atoms with Crippen molar-refractivity contribution in [1.82, 2.24) is 9.55 Å². The van der Waals surface area contributed by atoms with Gasteiger partial charge in [0.1, 0.15) is 6.04 Å². The minimum Gasteiger partial charge on any atom is -0.332 e. The molecule has 15 heavy (non-hydrogen) atoms. The van der Waals surface area contributed by atoms with Gasteiger partial charge in [-0.15, -0.1) is 11.3 Å². The maximum Gasteiger partial charge on any atom is 0.220 e. The van der Waals surface area contributed by atoms with Gasteiger partial charge in [-0.1, -0.05) is 6.07 Å². The number of imidazole rings is 1. The number of carbonyl (C=O) groups is 1. The fraction of sp³-hybridized carbons (Fsp3) is 0.200. The van der Waals surface area contributed by atoms with Crippen LogP contribution in [0.4, 0.5) is 0 Å². The summed E-state index contributed by atoms with van der Waals surface area (Å²) in [6.07, 6.45) is 3.32. The predicted molar refractivity (Wildman–Crippen MR) is 58.8 cm³/mol. The fourth-order valence-corrected chi connectivity index (χ4v) is 2.06. The molecule has 2 heterocycles.